The van der Waals surface area contributed by atoms with Crippen LogP contribution in [0, 0.1) is 6.92 Å². The van der Waals surface area contributed by atoms with Gasteiger partial charge in [0.2, 0.25) is 0 Å². The second-order valence-electron chi connectivity index (χ2n) is 5.06. The number of amides is 1. The Morgan fingerprint density at radius 3 is 2.40 bits per heavy atom. The molecule has 1 amide bonds. The third-order valence-corrected chi connectivity index (χ3v) is 3.82. The topological polar surface area (TPSA) is 69.2 Å². The first-order chi connectivity index (χ1) is 12.0. The molecular weight excluding hydrogens is 344 g/mol. The molecule has 132 valence electrons. The highest BCUT2D eigenvalue weighted by molar-refractivity contribution is 6.31. The van der Waals surface area contributed by atoms with Gasteiger partial charge in [-0.05, 0) is 37.3 Å². The van der Waals surface area contributed by atoms with E-state index in [2.05, 4.69) is 10.5 Å². The van der Waals surface area contributed by atoms with Crippen LogP contribution in [0.1, 0.15) is 21.5 Å². The first-order valence-electron chi connectivity index (χ1n) is 7.40. The molecule has 0 aliphatic carbocycles. The van der Waals surface area contributed by atoms with Gasteiger partial charge in [-0.25, -0.2) is 5.43 Å². The van der Waals surface area contributed by atoms with Gasteiger partial charge in [0.1, 0.15) is 17.2 Å². The molecule has 7 heteroatoms. The zero-order valence-electron chi connectivity index (χ0n) is 14.4. The molecule has 0 aliphatic rings. The lowest BCUT2D eigenvalue weighted by atomic mass is 10.1. The van der Waals surface area contributed by atoms with Crippen LogP contribution in [0.25, 0.3) is 0 Å². The van der Waals surface area contributed by atoms with Gasteiger partial charge in [-0.1, -0.05) is 11.6 Å². The summed E-state index contributed by atoms with van der Waals surface area (Å²) in [6.45, 7) is 1.88. The summed E-state index contributed by atoms with van der Waals surface area (Å²) < 4.78 is 15.8. The molecule has 0 bridgehead atoms. The monoisotopic (exact) mass is 362 g/mol. The summed E-state index contributed by atoms with van der Waals surface area (Å²) in [7, 11) is 4.64. The molecule has 0 radical (unpaired) electrons. The van der Waals surface area contributed by atoms with E-state index in [-0.39, 0.29) is 0 Å². The normalized spacial score (nSPS) is 10.6. The van der Waals surface area contributed by atoms with Crippen molar-refractivity contribution in [1.29, 1.82) is 0 Å². The molecule has 0 heterocycles. The first-order valence-corrected chi connectivity index (χ1v) is 7.78. The van der Waals surface area contributed by atoms with E-state index in [1.54, 1.807) is 38.5 Å². The van der Waals surface area contributed by atoms with Crippen molar-refractivity contribution in [3.63, 3.8) is 0 Å². The lowest BCUT2D eigenvalue weighted by Crippen LogP contribution is -2.18. The second-order valence-corrected chi connectivity index (χ2v) is 5.50. The lowest BCUT2D eigenvalue weighted by Gasteiger charge is -2.12. The predicted molar refractivity (Wildman–Crippen MR) is 97.3 cm³/mol. The van der Waals surface area contributed by atoms with Gasteiger partial charge < -0.3 is 14.2 Å². The van der Waals surface area contributed by atoms with Crippen molar-refractivity contribution in [1.82, 2.24) is 5.43 Å². The summed E-state index contributed by atoms with van der Waals surface area (Å²) in [5, 5.41) is 4.42. The fourth-order valence-electron chi connectivity index (χ4n) is 2.37. The highest BCUT2D eigenvalue weighted by Crippen LogP contribution is 2.30. The molecule has 2 aromatic rings. The summed E-state index contributed by atoms with van der Waals surface area (Å²) in [5.74, 6) is 1.31. The minimum atomic E-state index is -0.431. The maximum absolute atomic E-state index is 12.3. The Balaban J connectivity index is 2.20. The van der Waals surface area contributed by atoms with Crippen molar-refractivity contribution < 1.29 is 19.0 Å². The summed E-state index contributed by atoms with van der Waals surface area (Å²) in [6, 6.07) is 8.38. The summed E-state index contributed by atoms with van der Waals surface area (Å²) in [4.78, 5) is 12.3. The molecule has 2 aromatic carbocycles. The lowest BCUT2D eigenvalue weighted by molar-refractivity contribution is 0.0952. The maximum Gasteiger partial charge on any atom is 0.275 e. The van der Waals surface area contributed by atoms with Crippen molar-refractivity contribution in [2.75, 3.05) is 21.3 Å². The van der Waals surface area contributed by atoms with Gasteiger partial charge in [-0.3, -0.25) is 4.79 Å². The molecule has 6 nitrogen and oxygen atoms in total. The summed E-state index contributed by atoms with van der Waals surface area (Å²) >= 11 is 5.93. The fourth-order valence-corrected chi connectivity index (χ4v) is 2.54. The Labute approximate surface area is 151 Å². The Kier molecular flexibility index (Phi) is 6.25. The van der Waals surface area contributed by atoms with Crippen molar-refractivity contribution in [3.05, 3.63) is 52.0 Å². The number of nitrogens with zero attached hydrogens (tertiary/aromatic N) is 1. The Morgan fingerprint density at radius 1 is 1.08 bits per heavy atom. The quantitative estimate of drug-likeness (QED) is 0.631. The third-order valence-electron chi connectivity index (χ3n) is 3.59. The smallest absolute Gasteiger partial charge is 0.275 e. The number of hydrazone groups is 1. The van der Waals surface area contributed by atoms with Gasteiger partial charge in [0.25, 0.3) is 5.91 Å². The molecule has 0 fully saturated rings. The van der Waals surface area contributed by atoms with E-state index in [1.165, 1.54) is 19.4 Å². The van der Waals surface area contributed by atoms with Crippen LogP contribution in [-0.2, 0) is 0 Å². The Bertz CT molecular complexity index is 806. The van der Waals surface area contributed by atoms with E-state index in [9.17, 15) is 4.79 Å². The number of nitrogens with one attached hydrogen (secondary N) is 1. The second kappa shape index (κ2) is 8.39. The molecule has 2 rings (SSSR count). The number of carbonyl (C=O) groups excluding carboxylic acids is 1. The zero-order chi connectivity index (χ0) is 18.4. The van der Waals surface area contributed by atoms with E-state index in [0.717, 1.165) is 5.56 Å². The van der Waals surface area contributed by atoms with Crippen LogP contribution in [0.4, 0.5) is 0 Å². The van der Waals surface area contributed by atoms with Crippen molar-refractivity contribution in [2.24, 2.45) is 5.10 Å². The summed E-state index contributed by atoms with van der Waals surface area (Å²) in [5.41, 5.74) is 4.30. The SMILES string of the molecule is COc1ccc(Cl)cc1C(=O)NN=Cc1ccc(OC)c(C)c1OC. The van der Waals surface area contributed by atoms with Crippen molar-refractivity contribution >= 4 is 23.7 Å². The number of hydrogen-bond acceptors (Lipinski definition) is 5. The highest BCUT2D eigenvalue weighted by Gasteiger charge is 2.13. The van der Waals surface area contributed by atoms with E-state index in [4.69, 9.17) is 25.8 Å². The molecule has 0 atom stereocenters. The van der Waals surface area contributed by atoms with Gasteiger partial charge >= 0.3 is 0 Å². The van der Waals surface area contributed by atoms with Gasteiger partial charge in [0.05, 0.1) is 33.1 Å². The van der Waals surface area contributed by atoms with Crippen LogP contribution in [0.3, 0.4) is 0 Å². The number of ether oxygens (including phenoxy) is 3. The minimum absolute atomic E-state index is 0.296. The average Bonchev–Trinajstić information content (AvgIpc) is 2.61. The van der Waals surface area contributed by atoms with Gasteiger partial charge in [0, 0.05) is 16.1 Å². The molecule has 0 aliphatic heterocycles. The molecule has 25 heavy (non-hydrogen) atoms. The first kappa shape index (κ1) is 18.6. The van der Waals surface area contributed by atoms with Gasteiger partial charge in [-0.15, -0.1) is 0 Å². The van der Waals surface area contributed by atoms with Crippen molar-refractivity contribution in [2.45, 2.75) is 6.92 Å². The Hall–Kier alpha value is -2.73. The molecule has 0 saturated carbocycles. The molecular formula is C18H19ClN2O4. The van der Waals surface area contributed by atoms with Crippen LogP contribution in [-0.4, -0.2) is 33.5 Å². The van der Waals surface area contributed by atoms with Crippen LogP contribution in [0.5, 0.6) is 17.2 Å². The van der Waals surface area contributed by atoms with Crippen LogP contribution >= 0.6 is 11.6 Å². The van der Waals surface area contributed by atoms with Gasteiger partial charge in [-0.2, -0.15) is 5.10 Å². The standard InChI is InChI=1S/C18H19ClN2O4/c1-11-15(23-2)7-5-12(17(11)25-4)10-20-21-18(22)14-9-13(19)6-8-16(14)24-3/h5-10H,1-4H3,(H,21,22). The van der Waals surface area contributed by atoms with E-state index < -0.39 is 5.91 Å². The highest BCUT2D eigenvalue weighted by atomic mass is 35.5. The molecule has 0 saturated heterocycles. The molecule has 0 unspecified atom stereocenters. The minimum Gasteiger partial charge on any atom is -0.496 e. The number of hydrogen-bond donors (Lipinski definition) is 1. The zero-order valence-corrected chi connectivity index (χ0v) is 15.2. The number of methoxy groups -OCH3 is 3. The van der Waals surface area contributed by atoms with Crippen molar-refractivity contribution in [3.8, 4) is 17.2 Å². The Morgan fingerprint density at radius 2 is 1.76 bits per heavy atom. The fraction of sp³-hybridized carbons (Fsp3) is 0.222. The largest absolute Gasteiger partial charge is 0.496 e. The number of rotatable bonds is 6. The third kappa shape index (κ3) is 4.22. The predicted octanol–water partition coefficient (Wildman–Crippen LogP) is 3.44. The molecule has 0 aromatic heterocycles. The van der Waals surface area contributed by atoms with Gasteiger partial charge in [0.15, 0.2) is 0 Å². The van der Waals surface area contributed by atoms with Crippen LogP contribution < -0.4 is 19.6 Å². The molecule has 1 N–H and O–H groups in total. The number of carbonyl (C=O) groups is 1. The summed E-state index contributed by atoms with van der Waals surface area (Å²) in [6.07, 6.45) is 1.50. The van der Waals surface area contributed by atoms with E-state index in [0.29, 0.717) is 33.4 Å². The molecule has 0 spiro atoms. The van der Waals surface area contributed by atoms with E-state index in [1.807, 2.05) is 6.92 Å². The average molecular weight is 363 g/mol. The van der Waals surface area contributed by atoms with E-state index >= 15 is 0 Å². The number of halogens is 1. The van der Waals surface area contributed by atoms with Crippen LogP contribution in [0.2, 0.25) is 5.02 Å². The maximum atomic E-state index is 12.3. The van der Waals surface area contributed by atoms with Crippen LogP contribution in [0.15, 0.2) is 35.4 Å². The number of benzene rings is 2.